The molecule has 0 fully saturated rings. The van der Waals surface area contributed by atoms with Gasteiger partial charge in [-0.3, -0.25) is 30.3 Å². The lowest BCUT2D eigenvalue weighted by atomic mass is 9.92. The Kier molecular flexibility index (Phi) is 3.45. The zero-order valence-electron chi connectivity index (χ0n) is 13.5. The zero-order chi connectivity index (χ0) is 19.3. The molecule has 0 bridgehead atoms. The van der Waals surface area contributed by atoms with Gasteiger partial charge in [0.05, 0.1) is 30.9 Å². The fraction of sp³-hybridized carbons (Fsp3) is 0. The molecule has 9 heteroatoms. The molecule has 0 aliphatic heterocycles. The van der Waals surface area contributed by atoms with Crippen molar-refractivity contribution in [2.45, 2.75) is 0 Å². The molecule has 0 saturated heterocycles. The molecule has 4 aromatic carbocycles. The van der Waals surface area contributed by atoms with E-state index in [0.29, 0.717) is 16.2 Å². The summed E-state index contributed by atoms with van der Waals surface area (Å²) < 4.78 is 0. The van der Waals surface area contributed by atoms with Crippen LogP contribution in [0.3, 0.4) is 0 Å². The van der Waals surface area contributed by atoms with Crippen molar-refractivity contribution >= 4 is 49.4 Å². The van der Waals surface area contributed by atoms with Gasteiger partial charge < -0.3 is 0 Å². The molecule has 0 N–H and O–H groups in total. The summed E-state index contributed by atoms with van der Waals surface area (Å²) >= 11 is 0. The Balaban J connectivity index is 2.47. The molecule has 0 heterocycles. The third-order valence-corrected chi connectivity index (χ3v) is 4.53. The molecule has 4 aromatic rings. The Hall–Kier alpha value is -4.14. The second-order valence-corrected chi connectivity index (χ2v) is 5.87. The summed E-state index contributed by atoms with van der Waals surface area (Å²) in [6.45, 7) is 0. The van der Waals surface area contributed by atoms with Gasteiger partial charge in [-0.25, -0.2) is 0 Å². The quantitative estimate of drug-likeness (QED) is 0.290. The monoisotopic (exact) mass is 363 g/mol. The van der Waals surface area contributed by atoms with Crippen molar-refractivity contribution in [3.63, 3.8) is 0 Å². The average molecular weight is 363 g/mol. The second kappa shape index (κ2) is 5.70. The lowest BCUT2D eigenvalue weighted by molar-refractivity contribution is -0.383. The van der Waals surface area contributed by atoms with E-state index < -0.39 is 14.8 Å². The van der Waals surface area contributed by atoms with Crippen molar-refractivity contribution in [2.24, 2.45) is 0 Å². The molecule has 9 nitrogen and oxygen atoms in total. The molecule has 4 rings (SSSR count). The third kappa shape index (κ3) is 2.25. The van der Waals surface area contributed by atoms with E-state index >= 15 is 0 Å². The first-order valence-corrected chi connectivity index (χ1v) is 7.75. The maximum atomic E-state index is 11.6. The first-order valence-electron chi connectivity index (χ1n) is 7.75. The van der Waals surface area contributed by atoms with Crippen molar-refractivity contribution in [2.75, 3.05) is 0 Å². The Morgan fingerprint density at radius 1 is 0.481 bits per heavy atom. The molecular formula is C18H9N3O6. The average Bonchev–Trinajstić information content (AvgIpc) is 2.66. The van der Waals surface area contributed by atoms with Crippen LogP contribution in [0.1, 0.15) is 0 Å². The zero-order valence-corrected chi connectivity index (χ0v) is 13.5. The lowest BCUT2D eigenvalue weighted by Gasteiger charge is -2.11. The van der Waals surface area contributed by atoms with Gasteiger partial charge >= 0.3 is 0 Å². The molecular weight excluding hydrogens is 354 g/mol. The van der Waals surface area contributed by atoms with E-state index in [-0.39, 0.29) is 33.2 Å². The number of fused-ring (bicyclic) bond motifs is 6. The predicted molar refractivity (Wildman–Crippen MR) is 98.9 cm³/mol. The Morgan fingerprint density at radius 3 is 0.963 bits per heavy atom. The van der Waals surface area contributed by atoms with Crippen LogP contribution >= 0.6 is 0 Å². The van der Waals surface area contributed by atoms with Gasteiger partial charge in [-0.15, -0.1) is 0 Å². The molecule has 0 spiro atoms. The fourth-order valence-electron chi connectivity index (χ4n) is 3.55. The summed E-state index contributed by atoms with van der Waals surface area (Å²) in [4.78, 5) is 32.9. The van der Waals surface area contributed by atoms with E-state index in [0.717, 1.165) is 0 Å². The predicted octanol–water partition coefficient (Wildman–Crippen LogP) is 4.87. The van der Waals surface area contributed by atoms with Crippen LogP contribution in [0.25, 0.3) is 32.3 Å². The Labute approximate surface area is 149 Å². The van der Waals surface area contributed by atoms with Gasteiger partial charge in [-0.1, -0.05) is 36.4 Å². The Morgan fingerprint density at radius 2 is 0.741 bits per heavy atom. The number of hydrogen-bond donors (Lipinski definition) is 0. The molecule has 0 saturated carbocycles. The van der Waals surface area contributed by atoms with Gasteiger partial charge in [0, 0.05) is 34.4 Å². The highest BCUT2D eigenvalue weighted by atomic mass is 16.6. The van der Waals surface area contributed by atoms with Crippen molar-refractivity contribution in [3.8, 4) is 0 Å². The first kappa shape index (κ1) is 16.3. The maximum absolute atomic E-state index is 11.6. The molecule has 0 aromatic heterocycles. The van der Waals surface area contributed by atoms with E-state index in [1.54, 1.807) is 18.2 Å². The van der Waals surface area contributed by atoms with Gasteiger partial charge in [-0.05, 0) is 0 Å². The van der Waals surface area contributed by atoms with Crippen LogP contribution in [-0.4, -0.2) is 14.8 Å². The smallest absolute Gasteiger partial charge is 0.258 e. The minimum Gasteiger partial charge on any atom is -0.258 e. The van der Waals surface area contributed by atoms with Gasteiger partial charge in [0.1, 0.15) is 0 Å². The number of nitro benzene ring substituents is 3. The highest BCUT2D eigenvalue weighted by Gasteiger charge is 2.26. The number of benzene rings is 4. The maximum Gasteiger partial charge on any atom is 0.277 e. The number of non-ortho nitro benzene ring substituents is 3. The molecule has 0 atom stereocenters. The molecule has 0 aliphatic rings. The molecule has 0 unspecified atom stereocenters. The van der Waals surface area contributed by atoms with Gasteiger partial charge in [0.2, 0.25) is 0 Å². The van der Waals surface area contributed by atoms with Crippen molar-refractivity contribution in [1.82, 2.24) is 0 Å². The summed E-state index contributed by atoms with van der Waals surface area (Å²) in [6, 6.07) is 12.8. The van der Waals surface area contributed by atoms with E-state index in [9.17, 15) is 30.3 Å². The number of nitrogens with zero attached hydrogens (tertiary/aromatic N) is 3. The number of hydrogen-bond acceptors (Lipinski definition) is 6. The number of rotatable bonds is 3. The van der Waals surface area contributed by atoms with Gasteiger partial charge in [0.25, 0.3) is 17.1 Å². The summed E-state index contributed by atoms with van der Waals surface area (Å²) in [5, 5.41) is 36.1. The second-order valence-electron chi connectivity index (χ2n) is 5.87. The lowest BCUT2D eigenvalue weighted by Crippen LogP contribution is -1.96. The standard InChI is InChI=1S/C18H9N3O6/c22-19(23)13-7-1-4-10-16(13)11-5-2-9-15(21(26)27)18(11)12-6-3-8-14(17(10)12)20(24)25/h1-9H. The van der Waals surface area contributed by atoms with Crippen LogP contribution in [0, 0.1) is 30.3 Å². The minimum atomic E-state index is -0.596. The fourth-order valence-corrected chi connectivity index (χ4v) is 3.55. The normalized spacial score (nSPS) is 11.1. The van der Waals surface area contributed by atoms with Crippen LogP contribution in [0.4, 0.5) is 17.1 Å². The van der Waals surface area contributed by atoms with E-state index in [1.165, 1.54) is 36.4 Å². The molecule has 0 amide bonds. The SMILES string of the molecule is O=[N+]([O-])c1cccc2c1c1cccc([N+](=O)[O-])c1c1cccc([N+](=O)[O-])c21. The van der Waals surface area contributed by atoms with Crippen LogP contribution in [-0.2, 0) is 0 Å². The van der Waals surface area contributed by atoms with Crippen LogP contribution in [0.2, 0.25) is 0 Å². The summed E-state index contributed by atoms with van der Waals surface area (Å²) in [7, 11) is 0. The van der Waals surface area contributed by atoms with Crippen LogP contribution in [0.5, 0.6) is 0 Å². The van der Waals surface area contributed by atoms with Crippen molar-refractivity contribution in [1.29, 1.82) is 0 Å². The van der Waals surface area contributed by atoms with Gasteiger partial charge in [-0.2, -0.15) is 0 Å². The van der Waals surface area contributed by atoms with Crippen molar-refractivity contribution < 1.29 is 14.8 Å². The molecule has 27 heavy (non-hydrogen) atoms. The van der Waals surface area contributed by atoms with E-state index in [1.807, 2.05) is 0 Å². The van der Waals surface area contributed by atoms with Crippen molar-refractivity contribution in [3.05, 3.63) is 84.9 Å². The molecule has 0 radical (unpaired) electrons. The highest BCUT2D eigenvalue weighted by Crippen LogP contribution is 2.45. The summed E-state index contributed by atoms with van der Waals surface area (Å²) in [5.41, 5.74) is -0.797. The van der Waals surface area contributed by atoms with E-state index in [2.05, 4.69) is 0 Å². The minimum absolute atomic E-state index is 0.142. The van der Waals surface area contributed by atoms with Gasteiger partial charge in [0.15, 0.2) is 0 Å². The first-order chi connectivity index (χ1) is 12.9. The highest BCUT2D eigenvalue weighted by molar-refractivity contribution is 6.31. The largest absolute Gasteiger partial charge is 0.277 e. The van der Waals surface area contributed by atoms with E-state index in [4.69, 9.17) is 0 Å². The van der Waals surface area contributed by atoms with Crippen LogP contribution < -0.4 is 0 Å². The summed E-state index contributed by atoms with van der Waals surface area (Å²) in [5.74, 6) is 0. The molecule has 0 aliphatic carbocycles. The Bertz CT molecular complexity index is 1120. The topological polar surface area (TPSA) is 129 Å². The van der Waals surface area contributed by atoms with Crippen LogP contribution in [0.15, 0.2) is 54.6 Å². The number of nitro groups is 3. The summed E-state index contributed by atoms with van der Waals surface area (Å²) in [6.07, 6.45) is 0. The molecule has 132 valence electrons. The third-order valence-electron chi connectivity index (χ3n) is 4.53.